The van der Waals surface area contributed by atoms with Crippen molar-refractivity contribution in [2.75, 3.05) is 20.2 Å². The number of alkyl halides is 3. The number of likely N-dealkylation sites (N-methyl/N-ethyl adjacent to an activating group) is 1. The Kier molecular flexibility index (Phi) is 8.36. The third-order valence-electron chi connectivity index (χ3n) is 7.22. The van der Waals surface area contributed by atoms with E-state index in [1.54, 1.807) is 31.3 Å². The largest absolute Gasteiger partial charge is 0.489 e. The molecule has 0 aromatic heterocycles. The first-order chi connectivity index (χ1) is 20.4. The van der Waals surface area contributed by atoms with Crippen molar-refractivity contribution < 1.29 is 32.6 Å². The number of carbonyl (C=O) groups is 2. The van der Waals surface area contributed by atoms with E-state index in [0.29, 0.717) is 29.2 Å². The van der Waals surface area contributed by atoms with Gasteiger partial charge in [-0.25, -0.2) is 9.79 Å². The standard InChI is InChI=1S/C31H26ClF3N4O4/c1-17-36-15-21-14-22(8-11-25(21)37-17)39(2)29(40)20-5-3-4-18(12-20)13-26-24(27(32)28(38-26)31(33,34)35)16-43-23-9-6-19(7-10-23)30(41)42/h3-12,14,21,26H,13,15-16H2,1-2H3,(H,41,42). The van der Waals surface area contributed by atoms with Gasteiger partial charge in [0.2, 0.25) is 0 Å². The highest BCUT2D eigenvalue weighted by Gasteiger charge is 2.44. The fourth-order valence-electron chi connectivity index (χ4n) is 4.92. The van der Waals surface area contributed by atoms with E-state index in [1.165, 1.54) is 29.2 Å². The smallest absolute Gasteiger partial charge is 0.434 e. The van der Waals surface area contributed by atoms with Crippen LogP contribution in [0.3, 0.4) is 0 Å². The Morgan fingerprint density at radius 3 is 2.56 bits per heavy atom. The lowest BCUT2D eigenvalue weighted by atomic mass is 9.95. The predicted molar refractivity (Wildman–Crippen MR) is 157 cm³/mol. The summed E-state index contributed by atoms with van der Waals surface area (Å²) in [6.45, 7) is 2.09. The molecule has 2 aliphatic heterocycles. The van der Waals surface area contributed by atoms with E-state index in [4.69, 9.17) is 21.4 Å². The highest BCUT2D eigenvalue weighted by Crippen LogP contribution is 2.35. The summed E-state index contributed by atoms with van der Waals surface area (Å²) >= 11 is 6.17. The van der Waals surface area contributed by atoms with Crippen molar-refractivity contribution in [3.8, 4) is 5.75 Å². The van der Waals surface area contributed by atoms with Gasteiger partial charge >= 0.3 is 12.1 Å². The van der Waals surface area contributed by atoms with Crippen molar-refractivity contribution in [1.82, 2.24) is 4.90 Å². The number of carbonyl (C=O) groups excluding carboxylic acids is 1. The Morgan fingerprint density at radius 2 is 1.86 bits per heavy atom. The van der Waals surface area contributed by atoms with Crippen LogP contribution in [0.25, 0.3) is 0 Å². The van der Waals surface area contributed by atoms with Gasteiger partial charge in [0.05, 0.1) is 28.9 Å². The number of carboxylic acid groups (broad SMARTS) is 1. The first kappa shape index (κ1) is 30.0. The average Bonchev–Trinajstić information content (AvgIpc) is 3.30. The van der Waals surface area contributed by atoms with Crippen molar-refractivity contribution in [1.29, 1.82) is 0 Å². The van der Waals surface area contributed by atoms with Crippen LogP contribution in [0.2, 0.25) is 0 Å². The molecule has 8 nitrogen and oxygen atoms in total. The third kappa shape index (κ3) is 6.61. The van der Waals surface area contributed by atoms with Gasteiger partial charge in [-0.15, -0.1) is 0 Å². The number of rotatable bonds is 8. The minimum absolute atomic E-state index is 0.0272. The number of hydrogen-bond donors (Lipinski definition) is 1. The lowest BCUT2D eigenvalue weighted by Gasteiger charge is -2.25. The Balaban J connectivity index is 1.33. The van der Waals surface area contributed by atoms with Crippen molar-refractivity contribution in [3.05, 3.63) is 99.8 Å². The molecule has 0 saturated heterocycles. The fourth-order valence-corrected chi connectivity index (χ4v) is 5.26. The second-order valence-corrected chi connectivity index (χ2v) is 10.6. The van der Waals surface area contributed by atoms with Gasteiger partial charge in [0.1, 0.15) is 18.2 Å². The number of fused-ring (bicyclic) bond motifs is 1. The molecule has 2 atom stereocenters. The molecule has 0 bridgehead atoms. The molecule has 0 fully saturated rings. The van der Waals surface area contributed by atoms with Gasteiger partial charge in [0, 0.05) is 29.8 Å². The van der Waals surface area contributed by atoms with Gasteiger partial charge in [-0.1, -0.05) is 23.7 Å². The van der Waals surface area contributed by atoms with E-state index in [2.05, 4.69) is 15.0 Å². The molecule has 2 heterocycles. The van der Waals surface area contributed by atoms with Crippen molar-refractivity contribution in [2.24, 2.45) is 20.9 Å². The zero-order valence-corrected chi connectivity index (χ0v) is 23.9. The lowest BCUT2D eigenvalue weighted by Crippen LogP contribution is -2.30. The SMILES string of the molecule is CC1=NCC2C=C(N(C)C(=O)c3cccc(CC4N=C(C(F)(F)F)C(Cl)=C4COc4ccc(C(=O)O)cc4)c3)C=CC2=N1. The van der Waals surface area contributed by atoms with Gasteiger partial charge in [0.15, 0.2) is 5.71 Å². The quantitative estimate of drug-likeness (QED) is 0.402. The van der Waals surface area contributed by atoms with Crippen LogP contribution in [0.4, 0.5) is 13.2 Å². The summed E-state index contributed by atoms with van der Waals surface area (Å²) in [7, 11) is 1.66. The maximum Gasteiger partial charge on any atom is 0.434 e. The number of aliphatic imine (C=N–C) groups is 3. The number of amides is 1. The highest BCUT2D eigenvalue weighted by atomic mass is 35.5. The molecule has 1 amide bonds. The molecule has 2 unspecified atom stereocenters. The van der Waals surface area contributed by atoms with Gasteiger partial charge in [-0.05, 0) is 73.5 Å². The van der Waals surface area contributed by atoms with Crippen LogP contribution in [-0.2, 0) is 6.42 Å². The zero-order chi connectivity index (χ0) is 30.9. The van der Waals surface area contributed by atoms with Crippen molar-refractivity contribution >= 4 is 40.7 Å². The predicted octanol–water partition coefficient (Wildman–Crippen LogP) is 5.90. The molecule has 12 heteroatoms. The molecule has 222 valence electrons. The Bertz CT molecular complexity index is 1660. The number of ether oxygens (including phenoxy) is 1. The molecule has 1 aliphatic carbocycles. The number of amidine groups is 1. The number of hydrogen-bond acceptors (Lipinski definition) is 6. The molecule has 3 aliphatic rings. The van der Waals surface area contributed by atoms with Crippen LogP contribution in [0.1, 0.15) is 33.2 Å². The second-order valence-electron chi connectivity index (χ2n) is 10.2. The summed E-state index contributed by atoms with van der Waals surface area (Å²) in [5.74, 6) is -0.463. The molecule has 0 saturated carbocycles. The van der Waals surface area contributed by atoms with Crippen LogP contribution >= 0.6 is 11.6 Å². The molecule has 1 N–H and O–H groups in total. The summed E-state index contributed by atoms with van der Waals surface area (Å²) in [5, 5.41) is 8.53. The molecule has 0 radical (unpaired) electrons. The van der Waals surface area contributed by atoms with E-state index in [-0.39, 0.29) is 41.7 Å². The number of benzene rings is 2. The first-order valence-electron chi connectivity index (χ1n) is 13.3. The van der Waals surface area contributed by atoms with Crippen LogP contribution in [0.15, 0.2) is 98.0 Å². The number of halogens is 4. The molecular weight excluding hydrogens is 585 g/mol. The summed E-state index contributed by atoms with van der Waals surface area (Å²) < 4.78 is 46.8. The maximum atomic E-state index is 13.7. The molecule has 0 spiro atoms. The minimum Gasteiger partial charge on any atom is -0.489 e. The first-order valence-corrected chi connectivity index (χ1v) is 13.6. The Morgan fingerprint density at radius 1 is 1.12 bits per heavy atom. The third-order valence-corrected chi connectivity index (χ3v) is 7.64. The van der Waals surface area contributed by atoms with Gasteiger partial charge in [0.25, 0.3) is 5.91 Å². The zero-order valence-electron chi connectivity index (χ0n) is 23.1. The minimum atomic E-state index is -4.77. The molecule has 43 heavy (non-hydrogen) atoms. The Hall–Kier alpha value is -4.51. The van der Waals surface area contributed by atoms with Crippen LogP contribution < -0.4 is 4.74 Å². The molecule has 2 aromatic rings. The van der Waals surface area contributed by atoms with E-state index < -0.39 is 28.9 Å². The van der Waals surface area contributed by atoms with E-state index in [9.17, 15) is 22.8 Å². The van der Waals surface area contributed by atoms with E-state index in [1.807, 2.05) is 25.2 Å². The number of allylic oxidation sites excluding steroid dienone is 3. The molecule has 2 aromatic carbocycles. The normalized spacial score (nSPS) is 19.7. The topological polar surface area (TPSA) is 104 Å². The van der Waals surface area contributed by atoms with Crippen LogP contribution in [0.5, 0.6) is 5.75 Å². The summed E-state index contributed by atoms with van der Waals surface area (Å²) in [6, 6.07) is 11.1. The fraction of sp³-hybridized carbons (Fsp3) is 0.258. The highest BCUT2D eigenvalue weighted by molar-refractivity contribution is 6.45. The number of carboxylic acids is 1. The van der Waals surface area contributed by atoms with E-state index in [0.717, 1.165) is 5.71 Å². The summed E-state index contributed by atoms with van der Waals surface area (Å²) in [5.41, 5.74) is 1.50. The lowest BCUT2D eigenvalue weighted by molar-refractivity contribution is -0.0579. The molecular formula is C31H26ClF3N4O4. The molecule has 5 rings (SSSR count). The van der Waals surface area contributed by atoms with Crippen molar-refractivity contribution in [3.63, 3.8) is 0 Å². The monoisotopic (exact) mass is 610 g/mol. The summed E-state index contributed by atoms with van der Waals surface area (Å²) in [6.07, 6.45) is 0.898. The van der Waals surface area contributed by atoms with E-state index >= 15 is 0 Å². The number of aromatic carboxylic acids is 1. The van der Waals surface area contributed by atoms with Crippen molar-refractivity contribution in [2.45, 2.75) is 25.6 Å². The van der Waals surface area contributed by atoms with Gasteiger partial charge in [-0.3, -0.25) is 14.8 Å². The summed E-state index contributed by atoms with van der Waals surface area (Å²) in [4.78, 5) is 38.7. The van der Waals surface area contributed by atoms with Crippen LogP contribution in [-0.4, -0.2) is 71.6 Å². The van der Waals surface area contributed by atoms with Gasteiger partial charge in [-0.2, -0.15) is 13.2 Å². The Labute approximate surface area is 250 Å². The van der Waals surface area contributed by atoms with Crippen LogP contribution in [0, 0.1) is 5.92 Å². The maximum absolute atomic E-state index is 13.7. The average molecular weight is 611 g/mol. The number of nitrogens with zero attached hydrogens (tertiary/aromatic N) is 4. The van der Waals surface area contributed by atoms with Gasteiger partial charge < -0.3 is 14.7 Å². The second kappa shape index (κ2) is 12.0.